The van der Waals surface area contributed by atoms with E-state index in [0.717, 1.165) is 48.1 Å². The lowest BCUT2D eigenvalue weighted by molar-refractivity contribution is 0.00578. The van der Waals surface area contributed by atoms with E-state index in [2.05, 4.69) is 298 Å². The van der Waals surface area contributed by atoms with Gasteiger partial charge in [0.25, 0.3) is 0 Å². The first kappa shape index (κ1) is 54.6. The summed E-state index contributed by atoms with van der Waals surface area (Å²) in [7, 11) is -0.422. The van der Waals surface area contributed by atoms with Crippen LogP contribution in [0.4, 0.5) is 0 Å². The Bertz CT molecular complexity index is 5570. The highest BCUT2D eigenvalue weighted by atomic mass is 79.9. The summed E-state index contributed by atoms with van der Waals surface area (Å²) in [5.41, 5.74) is 25.0. The van der Waals surface area contributed by atoms with Crippen LogP contribution < -0.4 is 5.46 Å². The second-order valence-corrected chi connectivity index (χ2v) is 26.5. The number of rotatable bonds is 6. The molecular formula is C86H58BBrN2O2. The molecule has 3 heterocycles. The lowest BCUT2D eigenvalue weighted by Gasteiger charge is -2.32. The van der Waals surface area contributed by atoms with Crippen molar-refractivity contribution in [2.24, 2.45) is 0 Å². The molecule has 6 heteroatoms. The summed E-state index contributed by atoms with van der Waals surface area (Å²) in [4.78, 5) is 9.86. The lowest BCUT2D eigenvalue weighted by Crippen LogP contribution is -2.41. The maximum atomic E-state index is 6.56. The summed E-state index contributed by atoms with van der Waals surface area (Å²) >= 11 is 3.83. The van der Waals surface area contributed by atoms with E-state index in [9.17, 15) is 0 Å². The van der Waals surface area contributed by atoms with Crippen molar-refractivity contribution >= 4 is 104 Å². The van der Waals surface area contributed by atoms with Gasteiger partial charge in [-0.05, 0) is 201 Å². The third kappa shape index (κ3) is 8.10. The molecule has 19 rings (SSSR count). The van der Waals surface area contributed by atoms with Gasteiger partial charge in [-0.1, -0.05) is 259 Å². The molecule has 14 aromatic carbocycles. The zero-order chi connectivity index (χ0) is 61.6. The van der Waals surface area contributed by atoms with Crippen molar-refractivity contribution in [3.8, 4) is 100 Å². The van der Waals surface area contributed by atoms with Gasteiger partial charge in [-0.2, -0.15) is 0 Å². The number of pyridine rings is 2. The molecule has 0 N–H and O–H groups in total. The first-order chi connectivity index (χ1) is 45.1. The quantitative estimate of drug-likeness (QED) is 0.123. The number of halogens is 1. The Morgan fingerprint density at radius 1 is 0.283 bits per heavy atom. The Morgan fingerprint density at radius 3 is 1.10 bits per heavy atom. The lowest BCUT2D eigenvalue weighted by atomic mass is 9.75. The molecule has 0 unspecified atom stereocenters. The van der Waals surface area contributed by atoms with E-state index in [0.29, 0.717) is 0 Å². The van der Waals surface area contributed by atoms with Crippen LogP contribution in [0.2, 0.25) is 0 Å². The molecule has 0 spiro atoms. The average Bonchev–Trinajstić information content (AvgIpc) is 1.52. The third-order valence-electron chi connectivity index (χ3n) is 20.2. The van der Waals surface area contributed by atoms with Gasteiger partial charge in [-0.25, -0.2) is 0 Å². The predicted octanol–water partition coefficient (Wildman–Crippen LogP) is 22.9. The fourth-order valence-electron chi connectivity index (χ4n) is 15.5. The van der Waals surface area contributed by atoms with Gasteiger partial charge in [0.1, 0.15) is 0 Å². The van der Waals surface area contributed by atoms with Gasteiger partial charge < -0.3 is 9.31 Å². The van der Waals surface area contributed by atoms with Crippen LogP contribution in [0.5, 0.6) is 0 Å². The van der Waals surface area contributed by atoms with Gasteiger partial charge in [-0.3, -0.25) is 9.97 Å². The summed E-state index contributed by atoms with van der Waals surface area (Å²) in [6.45, 7) is 8.47. The standard InChI is InChI=1S/C48H27BrN2.C38H31BO2/c49-41-27-40-39(48-35(41)21-11-25-51-48)26-38(34-20-10-24-50-47(34)40)30-22-23-37-44-31(30)18-9-19-36(44)45-42(28-12-3-1-4-13-28)32-16-7-8-17-33(32)43(46(37)45)29-14-5-2-6-15-29;1-37(2)38(3,4)41-39(40-37)31-23-22-30-34-28(31)20-13-21-29(34)35-32(24-14-7-5-8-15-24)26-18-11-12-19-27(26)33(36(30)35)25-16-9-6-10-17-25/h1-27H;5-23H,1-4H3. The first-order valence-electron chi connectivity index (χ1n) is 31.7. The van der Waals surface area contributed by atoms with Crippen LogP contribution in [0.1, 0.15) is 27.7 Å². The van der Waals surface area contributed by atoms with Gasteiger partial charge in [0.2, 0.25) is 0 Å². The van der Waals surface area contributed by atoms with Crippen molar-refractivity contribution in [1.29, 1.82) is 0 Å². The smallest absolute Gasteiger partial charge is 0.399 e. The van der Waals surface area contributed by atoms with Crippen LogP contribution in [-0.2, 0) is 9.31 Å². The molecule has 0 radical (unpaired) electrons. The molecule has 92 heavy (non-hydrogen) atoms. The molecule has 2 aromatic heterocycles. The normalized spacial score (nSPS) is 14.0. The van der Waals surface area contributed by atoms with E-state index in [1.54, 1.807) is 0 Å². The molecule has 1 aliphatic heterocycles. The van der Waals surface area contributed by atoms with Gasteiger partial charge >= 0.3 is 7.12 Å². The molecule has 16 aromatic rings. The van der Waals surface area contributed by atoms with E-state index < -0.39 is 18.3 Å². The zero-order valence-corrected chi connectivity index (χ0v) is 52.8. The van der Waals surface area contributed by atoms with E-state index >= 15 is 0 Å². The highest BCUT2D eigenvalue weighted by Crippen LogP contribution is 2.60. The molecule has 0 amide bonds. The second kappa shape index (κ2) is 20.9. The number of nitrogens with zero attached hydrogens (tertiary/aromatic N) is 2. The number of hydrogen-bond acceptors (Lipinski definition) is 4. The van der Waals surface area contributed by atoms with Gasteiger partial charge in [0.05, 0.1) is 22.2 Å². The maximum absolute atomic E-state index is 6.56. The van der Waals surface area contributed by atoms with E-state index in [4.69, 9.17) is 19.3 Å². The van der Waals surface area contributed by atoms with E-state index in [-0.39, 0.29) is 0 Å². The maximum Gasteiger partial charge on any atom is 0.495 e. The molecule has 0 atom stereocenters. The van der Waals surface area contributed by atoms with Crippen LogP contribution in [0.3, 0.4) is 0 Å². The summed E-state index contributed by atoms with van der Waals surface area (Å²) < 4.78 is 14.1. The van der Waals surface area contributed by atoms with Crippen LogP contribution in [0.15, 0.2) is 284 Å². The van der Waals surface area contributed by atoms with Crippen molar-refractivity contribution in [1.82, 2.24) is 9.97 Å². The minimum Gasteiger partial charge on any atom is -0.399 e. The van der Waals surface area contributed by atoms with Crippen molar-refractivity contribution < 1.29 is 9.31 Å². The molecular weight excluding hydrogens is 1180 g/mol. The summed E-state index contributed by atoms with van der Waals surface area (Å²) in [5, 5.41) is 14.5. The number of aromatic nitrogens is 2. The molecule has 4 nitrogen and oxygen atoms in total. The van der Waals surface area contributed by atoms with Crippen molar-refractivity contribution in [3.63, 3.8) is 0 Å². The van der Waals surface area contributed by atoms with Crippen LogP contribution >= 0.6 is 15.9 Å². The summed E-state index contributed by atoms with van der Waals surface area (Å²) in [6, 6.07) is 97.1. The number of hydrogen-bond donors (Lipinski definition) is 0. The van der Waals surface area contributed by atoms with Gasteiger partial charge in [0, 0.05) is 38.4 Å². The Balaban J connectivity index is 0.000000139. The fourth-order valence-corrected chi connectivity index (χ4v) is 16.0. The average molecular weight is 1240 g/mol. The second-order valence-electron chi connectivity index (χ2n) is 25.6. The van der Waals surface area contributed by atoms with Crippen molar-refractivity contribution in [2.45, 2.75) is 38.9 Å². The Morgan fingerprint density at radius 2 is 0.630 bits per heavy atom. The molecule has 2 aliphatic carbocycles. The van der Waals surface area contributed by atoms with Crippen molar-refractivity contribution in [3.05, 3.63) is 284 Å². The van der Waals surface area contributed by atoms with Crippen LogP contribution in [-0.4, -0.2) is 28.3 Å². The largest absolute Gasteiger partial charge is 0.495 e. The Hall–Kier alpha value is -10.3. The molecule has 0 saturated carbocycles. The minimum absolute atomic E-state index is 0.401. The van der Waals surface area contributed by atoms with E-state index in [1.165, 1.54) is 138 Å². The van der Waals surface area contributed by atoms with Gasteiger partial charge in [0.15, 0.2) is 0 Å². The highest BCUT2D eigenvalue weighted by molar-refractivity contribution is 9.10. The summed E-state index contributed by atoms with van der Waals surface area (Å²) in [5.74, 6) is 0. The Labute approximate surface area is 542 Å². The SMILES string of the molecule is Brc1cc2c(cc(-c3ccc4c5c(cccc35)-c3c-4c(-c4ccccc4)c4ccccc4c3-c3ccccc3)c3cccnc32)c2ncccc12.CC1(C)OB(c2ccc3c4c(cccc24)-c2c-3c(-c3ccccc3)c3ccccc3c2-c2ccccc2)OC1(C)C. The van der Waals surface area contributed by atoms with Crippen molar-refractivity contribution in [2.75, 3.05) is 0 Å². The zero-order valence-electron chi connectivity index (χ0n) is 51.2. The summed E-state index contributed by atoms with van der Waals surface area (Å²) in [6.07, 6.45) is 3.78. The number of benzene rings is 14. The van der Waals surface area contributed by atoms with Crippen LogP contribution in [0.25, 0.3) is 176 Å². The molecule has 3 aliphatic rings. The van der Waals surface area contributed by atoms with Gasteiger partial charge in [-0.15, -0.1) is 0 Å². The molecule has 0 bridgehead atoms. The fraction of sp³-hybridized carbons (Fsp3) is 0.0698. The monoisotopic (exact) mass is 1240 g/mol. The third-order valence-corrected chi connectivity index (χ3v) is 20.9. The predicted molar refractivity (Wildman–Crippen MR) is 390 cm³/mol. The first-order valence-corrected chi connectivity index (χ1v) is 32.5. The Kier molecular flexibility index (Phi) is 12.4. The van der Waals surface area contributed by atoms with Crippen LogP contribution in [0, 0.1) is 0 Å². The molecule has 434 valence electrons. The topological polar surface area (TPSA) is 44.2 Å². The minimum atomic E-state index is -0.422. The highest BCUT2D eigenvalue weighted by Gasteiger charge is 2.52. The molecule has 1 fully saturated rings. The molecule has 1 saturated heterocycles. The van der Waals surface area contributed by atoms with E-state index in [1.807, 2.05) is 24.5 Å². The number of fused-ring (bicyclic) bond motifs is 13.